The fourth-order valence-corrected chi connectivity index (χ4v) is 7.15. The van der Waals surface area contributed by atoms with Crippen molar-refractivity contribution in [2.75, 3.05) is 40.4 Å². The maximum atomic E-state index is 13.5. The molecule has 14 heteroatoms. The molecule has 0 aromatic heterocycles. The van der Waals surface area contributed by atoms with Gasteiger partial charge in [0.25, 0.3) is 0 Å². The number of nitrogens with zero attached hydrogens (tertiary/aromatic N) is 2. The Morgan fingerprint density at radius 2 is 1.71 bits per heavy atom. The zero-order valence-corrected chi connectivity index (χ0v) is 23.3. The average molecular weight is 570 g/mol. The van der Waals surface area contributed by atoms with Crippen LogP contribution in [-0.4, -0.2) is 78.4 Å². The molecule has 1 fully saturated rings. The zero-order valence-electron chi connectivity index (χ0n) is 21.7. The monoisotopic (exact) mass is 569 g/mol. The van der Waals surface area contributed by atoms with Crippen molar-refractivity contribution in [2.45, 2.75) is 42.0 Å². The smallest absolute Gasteiger partial charge is 0.340 e. The first-order valence-corrected chi connectivity index (χ1v) is 14.9. The summed E-state index contributed by atoms with van der Waals surface area (Å²) in [6.45, 7) is 3.75. The lowest BCUT2D eigenvalue weighted by atomic mass is 10.1. The molecule has 0 radical (unpaired) electrons. The van der Waals surface area contributed by atoms with Gasteiger partial charge in [0.2, 0.25) is 16.0 Å². The molecule has 2 aromatic rings. The van der Waals surface area contributed by atoms with Crippen molar-refractivity contribution >= 4 is 26.1 Å². The zero-order chi connectivity index (χ0) is 27.9. The van der Waals surface area contributed by atoms with Crippen LogP contribution in [0.3, 0.4) is 0 Å². The Balaban J connectivity index is 1.76. The number of aryl methyl sites for hydroxylation is 1. The average Bonchev–Trinajstić information content (AvgIpc) is 2.85. The molecule has 1 saturated heterocycles. The Labute approximate surface area is 224 Å². The number of likely N-dealkylation sites (tertiary alicyclic amines) is 1. The molecule has 0 atom stereocenters. The van der Waals surface area contributed by atoms with Gasteiger partial charge in [0.1, 0.15) is 21.3 Å². The minimum Gasteiger partial charge on any atom is -0.493 e. The van der Waals surface area contributed by atoms with Crippen LogP contribution in [0.4, 0.5) is 0 Å². The van der Waals surface area contributed by atoms with Crippen LogP contribution in [0, 0.1) is 12.3 Å². The van der Waals surface area contributed by atoms with E-state index in [1.807, 2.05) is 7.05 Å². The van der Waals surface area contributed by atoms with Crippen LogP contribution in [0.2, 0.25) is 0 Å². The second kappa shape index (κ2) is 12.8. The topological polar surface area (TPSA) is 164 Å². The Morgan fingerprint density at radius 3 is 2.37 bits per heavy atom. The number of guanidine groups is 1. The standard InChI is InChI=1S/C24H35N5O7S2/c1-18-15-20(34-13-6-14-35-27-24(25)26)17-21(16-18)36-38(32,33)23-8-5-4-7-22(23)37(30,31)29(3)19-9-11-28(2)12-10-19/h4-5,7-8,15-17,19H,6,9-14H2,1-3H3,(H4,25,26,27). The lowest BCUT2D eigenvalue weighted by molar-refractivity contribution is 0.0733. The van der Waals surface area contributed by atoms with Crippen LogP contribution in [0.1, 0.15) is 24.8 Å². The van der Waals surface area contributed by atoms with Gasteiger partial charge in [-0.05, 0) is 69.7 Å². The molecule has 38 heavy (non-hydrogen) atoms. The van der Waals surface area contributed by atoms with Gasteiger partial charge in [0, 0.05) is 25.6 Å². The van der Waals surface area contributed by atoms with E-state index in [0.717, 1.165) is 13.1 Å². The first kappa shape index (κ1) is 29.6. The molecule has 0 saturated carbocycles. The molecular weight excluding hydrogens is 534 g/mol. The van der Waals surface area contributed by atoms with E-state index in [1.165, 1.54) is 47.8 Å². The molecule has 0 amide bonds. The molecule has 1 aliphatic rings. The van der Waals surface area contributed by atoms with Gasteiger partial charge in [-0.15, -0.1) is 0 Å². The number of hydroxylamine groups is 1. The summed E-state index contributed by atoms with van der Waals surface area (Å²) in [6, 6.07) is 9.88. The van der Waals surface area contributed by atoms with Gasteiger partial charge in [0.15, 0.2) is 0 Å². The number of nitrogens with one attached hydrogen (secondary N) is 2. The van der Waals surface area contributed by atoms with E-state index in [2.05, 4.69) is 10.4 Å². The number of nitrogens with two attached hydrogens (primary N) is 1. The van der Waals surface area contributed by atoms with Crippen LogP contribution >= 0.6 is 0 Å². The highest BCUT2D eigenvalue weighted by Gasteiger charge is 2.35. The summed E-state index contributed by atoms with van der Waals surface area (Å²) in [5, 5.41) is 7.02. The number of hydrogen-bond acceptors (Lipinski definition) is 9. The first-order valence-electron chi connectivity index (χ1n) is 12.1. The predicted octanol–water partition coefficient (Wildman–Crippen LogP) is 1.66. The molecule has 1 heterocycles. The van der Waals surface area contributed by atoms with Gasteiger partial charge < -0.3 is 19.6 Å². The van der Waals surface area contributed by atoms with Crippen LogP contribution in [0.5, 0.6) is 11.5 Å². The van der Waals surface area contributed by atoms with Crippen molar-refractivity contribution in [2.24, 2.45) is 5.73 Å². The van der Waals surface area contributed by atoms with Crippen molar-refractivity contribution in [1.29, 1.82) is 5.41 Å². The summed E-state index contributed by atoms with van der Waals surface area (Å²) < 4.78 is 66.0. The second-order valence-corrected chi connectivity index (χ2v) is 12.6. The van der Waals surface area contributed by atoms with Gasteiger partial charge in [-0.2, -0.15) is 12.7 Å². The minimum absolute atomic E-state index is 0.00892. The number of sulfonamides is 1. The van der Waals surface area contributed by atoms with E-state index >= 15 is 0 Å². The minimum atomic E-state index is -4.50. The third-order valence-corrected chi connectivity index (χ3v) is 9.45. The van der Waals surface area contributed by atoms with Crippen LogP contribution in [0.15, 0.2) is 52.3 Å². The highest BCUT2D eigenvalue weighted by atomic mass is 32.2. The molecular formula is C24H35N5O7S2. The fraction of sp³-hybridized carbons (Fsp3) is 0.458. The van der Waals surface area contributed by atoms with E-state index in [-0.39, 0.29) is 35.9 Å². The third kappa shape index (κ3) is 7.80. The SMILES string of the molecule is Cc1cc(OCCCONC(=N)N)cc(OS(=O)(=O)c2ccccc2S(=O)(=O)N(C)C2CCN(C)CC2)c1. The molecule has 210 valence electrons. The van der Waals surface area contributed by atoms with Crippen molar-refractivity contribution in [1.82, 2.24) is 14.7 Å². The molecule has 3 rings (SSSR count). The van der Waals surface area contributed by atoms with Gasteiger partial charge in [-0.25, -0.2) is 13.9 Å². The van der Waals surface area contributed by atoms with Crippen molar-refractivity contribution in [3.05, 3.63) is 48.0 Å². The molecule has 0 bridgehead atoms. The van der Waals surface area contributed by atoms with Crippen LogP contribution in [0.25, 0.3) is 0 Å². The molecule has 0 spiro atoms. The molecule has 4 N–H and O–H groups in total. The number of ether oxygens (including phenoxy) is 1. The summed E-state index contributed by atoms with van der Waals surface area (Å²) in [6.07, 6.45) is 1.78. The van der Waals surface area contributed by atoms with E-state index < -0.39 is 25.0 Å². The van der Waals surface area contributed by atoms with Crippen molar-refractivity contribution < 1.29 is 30.6 Å². The highest BCUT2D eigenvalue weighted by molar-refractivity contribution is 7.91. The molecule has 12 nitrogen and oxygen atoms in total. The van der Waals surface area contributed by atoms with Gasteiger partial charge in [0.05, 0.1) is 13.2 Å². The van der Waals surface area contributed by atoms with E-state index in [4.69, 9.17) is 24.9 Å². The lowest BCUT2D eigenvalue weighted by Gasteiger charge is -2.34. The normalized spacial score (nSPS) is 15.4. The first-order chi connectivity index (χ1) is 17.9. The predicted molar refractivity (Wildman–Crippen MR) is 142 cm³/mol. The quantitative estimate of drug-likeness (QED) is 0.113. The third-order valence-electron chi connectivity index (χ3n) is 6.05. The van der Waals surface area contributed by atoms with Gasteiger partial charge in [-0.1, -0.05) is 12.1 Å². The van der Waals surface area contributed by atoms with Crippen LogP contribution < -0.4 is 20.1 Å². The second-order valence-electron chi connectivity index (χ2n) is 9.09. The number of rotatable bonds is 12. The highest BCUT2D eigenvalue weighted by Crippen LogP contribution is 2.31. The summed E-state index contributed by atoms with van der Waals surface area (Å²) in [7, 11) is -5.15. The van der Waals surface area contributed by atoms with E-state index in [1.54, 1.807) is 13.0 Å². The summed E-state index contributed by atoms with van der Waals surface area (Å²) in [5.41, 5.74) is 8.03. The summed E-state index contributed by atoms with van der Waals surface area (Å²) >= 11 is 0. The Bertz CT molecular complexity index is 1330. The van der Waals surface area contributed by atoms with Crippen molar-refractivity contribution in [3.8, 4) is 11.5 Å². The Morgan fingerprint density at radius 1 is 1.08 bits per heavy atom. The summed E-state index contributed by atoms with van der Waals surface area (Å²) in [5.74, 6) is 0.0541. The number of hydrogen-bond donors (Lipinski definition) is 3. The Kier molecular flexibility index (Phi) is 9.95. The molecule has 0 aliphatic carbocycles. The summed E-state index contributed by atoms with van der Waals surface area (Å²) in [4.78, 5) is 6.32. The van der Waals surface area contributed by atoms with Crippen LogP contribution in [-0.2, 0) is 25.0 Å². The van der Waals surface area contributed by atoms with Gasteiger partial charge in [-0.3, -0.25) is 10.2 Å². The maximum Gasteiger partial charge on any atom is 0.340 e. The van der Waals surface area contributed by atoms with Crippen molar-refractivity contribution in [3.63, 3.8) is 0 Å². The Hall–Kier alpha value is -2.91. The number of piperidine rings is 1. The molecule has 0 unspecified atom stereocenters. The largest absolute Gasteiger partial charge is 0.493 e. The lowest BCUT2D eigenvalue weighted by Crippen LogP contribution is -2.44. The van der Waals surface area contributed by atoms with E-state index in [9.17, 15) is 16.8 Å². The van der Waals surface area contributed by atoms with Gasteiger partial charge >= 0.3 is 10.1 Å². The molecule has 1 aliphatic heterocycles. The van der Waals surface area contributed by atoms with E-state index in [0.29, 0.717) is 30.6 Å². The number of benzene rings is 2. The molecule has 2 aromatic carbocycles. The fourth-order valence-electron chi connectivity index (χ4n) is 4.05. The maximum absolute atomic E-state index is 13.5.